The molecule has 0 aromatic rings. The van der Waals surface area contributed by atoms with Gasteiger partial charge in [-0.15, -0.1) is 0 Å². The van der Waals surface area contributed by atoms with Crippen LogP contribution in [0.2, 0.25) is 0 Å². The Morgan fingerprint density at radius 3 is 1.48 bits per heavy atom. The number of carbonyl (C=O) groups is 1. The largest absolute Gasteiger partial charge is 0.391 e. The standard InChI is InChI=1S/C41H73NO5S/c1-3-5-7-9-11-13-15-16-17-18-19-20-21-22-23-24-25-26-27-29-31-33-35-37-41(44)42-39(38-48(45,46)47)40(43)36-34-32-30-28-14-12-10-8-6-4-2/h5,7,11,13,16-17,19-20,22-23,39-40,43H,3-4,6,8-10,12,14-15,18,21,24-38H2,1-2H3,(H,42,44)(H,45,46,47)/b7-5-,13-11-,17-16-,20-19-,23-22-. The first-order valence-corrected chi connectivity index (χ1v) is 21.1. The fraction of sp³-hybridized carbons (Fsp3) is 0.732. The molecule has 0 spiro atoms. The quantitative estimate of drug-likeness (QED) is 0.0354. The van der Waals surface area contributed by atoms with E-state index < -0.39 is 28.0 Å². The molecule has 2 unspecified atom stereocenters. The first kappa shape index (κ1) is 46.0. The van der Waals surface area contributed by atoms with Gasteiger partial charge in [-0.05, 0) is 57.8 Å². The van der Waals surface area contributed by atoms with Gasteiger partial charge in [-0.1, -0.05) is 171 Å². The van der Waals surface area contributed by atoms with Crippen LogP contribution >= 0.6 is 0 Å². The van der Waals surface area contributed by atoms with Crippen molar-refractivity contribution in [2.45, 2.75) is 187 Å². The number of aliphatic hydroxyl groups is 1. The van der Waals surface area contributed by atoms with E-state index in [2.05, 4.69) is 79.9 Å². The molecule has 1 amide bonds. The molecule has 0 aromatic heterocycles. The molecule has 0 radical (unpaired) electrons. The smallest absolute Gasteiger partial charge is 0.266 e. The van der Waals surface area contributed by atoms with Crippen molar-refractivity contribution in [3.8, 4) is 0 Å². The third-order valence-corrected chi connectivity index (χ3v) is 9.27. The molecular weight excluding hydrogens is 619 g/mol. The third kappa shape index (κ3) is 35.3. The molecule has 0 fully saturated rings. The Kier molecular flexibility index (Phi) is 33.5. The molecule has 0 aliphatic rings. The lowest BCUT2D eigenvalue weighted by molar-refractivity contribution is -0.122. The Bertz CT molecular complexity index is 983. The molecular formula is C41H73NO5S. The number of rotatable bonds is 34. The number of nitrogens with one attached hydrogen (secondary N) is 1. The summed E-state index contributed by atoms with van der Waals surface area (Å²) in [5.74, 6) is -0.917. The monoisotopic (exact) mass is 692 g/mol. The summed E-state index contributed by atoms with van der Waals surface area (Å²) < 4.78 is 32.4. The SMILES string of the molecule is CC/C=C\C/C=C\C/C=C\C/C=C\C/C=C\CCCCCCCCCC(=O)NC(CS(=O)(=O)O)C(O)CCCCCCCCCCCC. The van der Waals surface area contributed by atoms with Crippen molar-refractivity contribution in [1.29, 1.82) is 0 Å². The van der Waals surface area contributed by atoms with Gasteiger partial charge in [0.05, 0.1) is 17.9 Å². The summed E-state index contributed by atoms with van der Waals surface area (Å²) in [4.78, 5) is 12.5. The number of hydrogen-bond acceptors (Lipinski definition) is 4. The zero-order chi connectivity index (χ0) is 35.4. The maximum atomic E-state index is 12.5. The van der Waals surface area contributed by atoms with Gasteiger partial charge in [-0.25, -0.2) is 0 Å². The van der Waals surface area contributed by atoms with Crippen molar-refractivity contribution >= 4 is 16.0 Å². The molecule has 0 saturated heterocycles. The molecule has 278 valence electrons. The lowest BCUT2D eigenvalue weighted by Crippen LogP contribution is -2.47. The topological polar surface area (TPSA) is 104 Å². The molecule has 3 N–H and O–H groups in total. The number of carbonyl (C=O) groups excluding carboxylic acids is 1. The van der Waals surface area contributed by atoms with E-state index in [9.17, 15) is 22.9 Å². The van der Waals surface area contributed by atoms with E-state index >= 15 is 0 Å². The first-order valence-electron chi connectivity index (χ1n) is 19.5. The average Bonchev–Trinajstić information content (AvgIpc) is 3.05. The molecule has 6 nitrogen and oxygen atoms in total. The van der Waals surface area contributed by atoms with Crippen molar-refractivity contribution in [2.24, 2.45) is 0 Å². The summed E-state index contributed by atoms with van der Waals surface area (Å²) in [6, 6.07) is -0.978. The van der Waals surface area contributed by atoms with Crippen LogP contribution in [0.1, 0.15) is 174 Å². The Morgan fingerprint density at radius 1 is 0.583 bits per heavy atom. The number of hydrogen-bond donors (Lipinski definition) is 3. The molecule has 0 aliphatic carbocycles. The highest BCUT2D eigenvalue weighted by atomic mass is 32.2. The van der Waals surface area contributed by atoms with E-state index in [0.29, 0.717) is 12.8 Å². The van der Waals surface area contributed by atoms with E-state index in [-0.39, 0.29) is 5.91 Å². The van der Waals surface area contributed by atoms with Crippen LogP contribution in [0.4, 0.5) is 0 Å². The molecule has 0 aromatic carbocycles. The normalized spacial score (nSPS) is 14.0. The Morgan fingerprint density at radius 2 is 1.00 bits per heavy atom. The molecule has 7 heteroatoms. The average molecular weight is 692 g/mol. The van der Waals surface area contributed by atoms with Gasteiger partial charge in [0.1, 0.15) is 0 Å². The molecule has 0 heterocycles. The van der Waals surface area contributed by atoms with E-state index in [1.807, 2.05) is 0 Å². The maximum absolute atomic E-state index is 12.5. The summed E-state index contributed by atoms with van der Waals surface area (Å²) in [6.45, 7) is 4.37. The van der Waals surface area contributed by atoms with Crippen molar-refractivity contribution in [2.75, 3.05) is 5.75 Å². The Hall–Kier alpha value is -1.96. The van der Waals surface area contributed by atoms with Gasteiger partial charge in [-0.2, -0.15) is 8.42 Å². The highest BCUT2D eigenvalue weighted by Crippen LogP contribution is 2.15. The lowest BCUT2D eigenvalue weighted by atomic mass is 10.0. The fourth-order valence-corrected chi connectivity index (χ4v) is 6.36. The Balaban J connectivity index is 3.89. The van der Waals surface area contributed by atoms with Crippen LogP contribution in [0.25, 0.3) is 0 Å². The van der Waals surface area contributed by atoms with Crippen LogP contribution in [-0.2, 0) is 14.9 Å². The van der Waals surface area contributed by atoms with Crippen molar-refractivity contribution in [1.82, 2.24) is 5.32 Å². The summed E-state index contributed by atoms with van der Waals surface area (Å²) in [6.07, 6.45) is 47.4. The van der Waals surface area contributed by atoms with Gasteiger partial charge in [0.2, 0.25) is 5.91 Å². The van der Waals surface area contributed by atoms with E-state index in [0.717, 1.165) is 83.5 Å². The number of allylic oxidation sites excluding steroid dienone is 10. The lowest BCUT2D eigenvalue weighted by Gasteiger charge is -2.23. The van der Waals surface area contributed by atoms with E-state index in [4.69, 9.17) is 0 Å². The van der Waals surface area contributed by atoms with Crippen LogP contribution in [0.15, 0.2) is 60.8 Å². The minimum Gasteiger partial charge on any atom is -0.391 e. The zero-order valence-corrected chi connectivity index (χ0v) is 31.7. The van der Waals surface area contributed by atoms with Crippen molar-refractivity contribution < 1.29 is 22.9 Å². The number of unbranched alkanes of at least 4 members (excludes halogenated alkanes) is 16. The maximum Gasteiger partial charge on any atom is 0.266 e. The minimum absolute atomic E-state index is 0.261. The van der Waals surface area contributed by atoms with Crippen LogP contribution in [0.5, 0.6) is 0 Å². The van der Waals surface area contributed by atoms with E-state index in [1.165, 1.54) is 64.2 Å². The summed E-state index contributed by atoms with van der Waals surface area (Å²) >= 11 is 0. The highest BCUT2D eigenvalue weighted by Gasteiger charge is 2.26. The van der Waals surface area contributed by atoms with Gasteiger partial charge < -0.3 is 10.4 Å². The van der Waals surface area contributed by atoms with Crippen LogP contribution in [0, 0.1) is 0 Å². The second-order valence-electron chi connectivity index (χ2n) is 13.2. The van der Waals surface area contributed by atoms with Crippen LogP contribution in [-0.4, -0.2) is 41.9 Å². The summed E-state index contributed by atoms with van der Waals surface area (Å²) in [7, 11) is -4.31. The van der Waals surface area contributed by atoms with Gasteiger partial charge in [0.15, 0.2) is 0 Å². The molecule has 0 bridgehead atoms. The minimum atomic E-state index is -4.31. The van der Waals surface area contributed by atoms with Gasteiger partial charge in [0, 0.05) is 6.42 Å². The predicted octanol–water partition coefficient (Wildman–Crippen LogP) is 11.3. The molecule has 0 rings (SSSR count). The highest BCUT2D eigenvalue weighted by molar-refractivity contribution is 7.85. The Labute approximate surface area is 296 Å². The predicted molar refractivity (Wildman–Crippen MR) is 207 cm³/mol. The van der Waals surface area contributed by atoms with Gasteiger partial charge in [0.25, 0.3) is 10.1 Å². The van der Waals surface area contributed by atoms with Crippen molar-refractivity contribution in [3.63, 3.8) is 0 Å². The second-order valence-corrected chi connectivity index (χ2v) is 14.7. The molecule has 2 atom stereocenters. The van der Waals surface area contributed by atoms with Crippen LogP contribution < -0.4 is 5.32 Å². The second kappa shape index (κ2) is 34.9. The fourth-order valence-electron chi connectivity index (χ4n) is 5.60. The summed E-state index contributed by atoms with van der Waals surface area (Å²) in [5, 5.41) is 13.3. The molecule has 0 saturated carbocycles. The van der Waals surface area contributed by atoms with Gasteiger partial charge >= 0.3 is 0 Å². The van der Waals surface area contributed by atoms with Crippen molar-refractivity contribution in [3.05, 3.63) is 60.8 Å². The third-order valence-electron chi connectivity index (χ3n) is 8.49. The molecule has 48 heavy (non-hydrogen) atoms. The number of amides is 1. The van der Waals surface area contributed by atoms with Gasteiger partial charge in [-0.3, -0.25) is 9.35 Å². The van der Waals surface area contributed by atoms with Crippen LogP contribution in [0.3, 0.4) is 0 Å². The summed E-state index contributed by atoms with van der Waals surface area (Å²) in [5.41, 5.74) is 0. The molecule has 0 aliphatic heterocycles. The number of aliphatic hydroxyl groups excluding tert-OH is 1. The van der Waals surface area contributed by atoms with E-state index in [1.54, 1.807) is 0 Å². The first-order chi connectivity index (χ1) is 23.3. The zero-order valence-electron chi connectivity index (χ0n) is 30.8.